The van der Waals surface area contributed by atoms with Gasteiger partial charge in [-0.25, -0.2) is 0 Å². The van der Waals surface area contributed by atoms with Crippen LogP contribution in [0.15, 0.2) is 21.8 Å². The molecule has 1 aromatic heterocycles. The molecule has 0 aliphatic heterocycles. The van der Waals surface area contributed by atoms with Crippen LogP contribution < -0.4 is 0 Å². The number of ether oxygens (including phenoxy) is 2. The third-order valence-corrected chi connectivity index (χ3v) is 9.57. The molecule has 7 heteroatoms. The number of esters is 1. The minimum absolute atomic E-state index is 0.0119. The zero-order valence-corrected chi connectivity index (χ0v) is 20.0. The Morgan fingerprint density at radius 2 is 2.00 bits per heavy atom. The molecule has 1 saturated carbocycles. The molecule has 6 nitrogen and oxygen atoms in total. The van der Waals surface area contributed by atoms with Crippen molar-refractivity contribution in [1.29, 1.82) is 0 Å². The van der Waals surface area contributed by atoms with E-state index in [1.807, 2.05) is 0 Å². The largest absolute Gasteiger partial charge is 0.461 e. The summed E-state index contributed by atoms with van der Waals surface area (Å²) in [5.74, 6) is -0.142. The van der Waals surface area contributed by atoms with E-state index in [0.29, 0.717) is 30.8 Å². The Kier molecular flexibility index (Phi) is 4.85. The van der Waals surface area contributed by atoms with Crippen LogP contribution in [0.3, 0.4) is 0 Å². The molecule has 0 saturated heterocycles. The van der Waals surface area contributed by atoms with Crippen molar-refractivity contribution in [2.24, 2.45) is 16.7 Å². The van der Waals surface area contributed by atoms with E-state index in [-0.39, 0.29) is 40.7 Å². The van der Waals surface area contributed by atoms with Crippen LogP contribution in [0.2, 0.25) is 0 Å². The first-order valence-corrected chi connectivity index (χ1v) is 12.0. The molecule has 0 N–H and O–H groups in total. The number of hydrogen-bond acceptors (Lipinski definition) is 7. The first-order valence-electron chi connectivity index (χ1n) is 11.4. The normalized spacial score (nSPS) is 37.8. The number of thiol groups is 1. The average molecular weight is 459 g/mol. The molecule has 5 rings (SSSR count). The van der Waals surface area contributed by atoms with Gasteiger partial charge >= 0.3 is 5.97 Å². The van der Waals surface area contributed by atoms with Gasteiger partial charge in [0.05, 0.1) is 17.9 Å². The molecular formula is C25H30O6S. The van der Waals surface area contributed by atoms with Crippen LogP contribution >= 0.6 is 12.6 Å². The van der Waals surface area contributed by atoms with E-state index in [1.54, 1.807) is 7.11 Å². The fourth-order valence-electron chi connectivity index (χ4n) is 7.29. The molecule has 32 heavy (non-hydrogen) atoms. The number of methoxy groups -OCH3 is 1. The number of carbonyl (C=O) groups is 3. The maximum Gasteiger partial charge on any atom is 0.315 e. The maximum atomic E-state index is 13.9. The molecule has 1 heterocycles. The molecule has 172 valence electrons. The smallest absolute Gasteiger partial charge is 0.315 e. The van der Waals surface area contributed by atoms with Crippen molar-refractivity contribution < 1.29 is 28.3 Å². The lowest BCUT2D eigenvalue weighted by atomic mass is 9.48. The van der Waals surface area contributed by atoms with Gasteiger partial charge in [-0.3, -0.25) is 14.4 Å². The van der Waals surface area contributed by atoms with Gasteiger partial charge in [-0.1, -0.05) is 26.3 Å². The SMILES string of the molecule is COC[C@H]1CC(=O)c2coc3c2[C@@]1(C)C1=C(C3=O)[C@]2(C)CC[C@H](OC(=O)CS)[C@@]2(C)CC1. The number of ketones is 2. The second-order valence-corrected chi connectivity index (χ2v) is 10.8. The molecule has 0 amide bonds. The summed E-state index contributed by atoms with van der Waals surface area (Å²) in [7, 11) is 1.65. The van der Waals surface area contributed by atoms with Crippen molar-refractivity contribution >= 4 is 30.2 Å². The minimum atomic E-state index is -0.491. The van der Waals surface area contributed by atoms with Crippen molar-refractivity contribution in [2.75, 3.05) is 19.5 Å². The molecule has 1 aromatic rings. The Bertz CT molecular complexity index is 1070. The molecule has 1 fully saturated rings. The van der Waals surface area contributed by atoms with Gasteiger partial charge < -0.3 is 13.9 Å². The quantitative estimate of drug-likeness (QED) is 0.534. The monoisotopic (exact) mass is 458 g/mol. The van der Waals surface area contributed by atoms with Crippen molar-refractivity contribution in [2.45, 2.75) is 64.4 Å². The molecule has 0 bridgehead atoms. The summed E-state index contributed by atoms with van der Waals surface area (Å²) < 4.78 is 17.2. The second-order valence-electron chi connectivity index (χ2n) is 10.4. The molecule has 0 unspecified atom stereocenters. The minimum Gasteiger partial charge on any atom is -0.461 e. The van der Waals surface area contributed by atoms with Gasteiger partial charge in [0.15, 0.2) is 11.5 Å². The summed E-state index contributed by atoms with van der Waals surface area (Å²) in [6.45, 7) is 6.89. The van der Waals surface area contributed by atoms with Crippen LogP contribution in [-0.4, -0.2) is 43.1 Å². The van der Waals surface area contributed by atoms with Crippen LogP contribution in [0, 0.1) is 16.7 Å². The Balaban J connectivity index is 1.70. The third-order valence-electron chi connectivity index (χ3n) is 9.32. The van der Waals surface area contributed by atoms with Crippen molar-refractivity contribution in [1.82, 2.24) is 0 Å². The summed E-state index contributed by atoms with van der Waals surface area (Å²) in [6, 6.07) is 0. The highest BCUT2D eigenvalue weighted by molar-refractivity contribution is 7.81. The molecule has 4 aliphatic carbocycles. The van der Waals surface area contributed by atoms with E-state index < -0.39 is 10.8 Å². The number of Topliss-reactive ketones (excluding diaryl/α,β-unsaturated/α-hetero) is 2. The summed E-state index contributed by atoms with van der Waals surface area (Å²) in [5, 5.41) is 0. The Hall–Kier alpha value is -1.86. The zero-order valence-electron chi connectivity index (χ0n) is 19.1. The van der Waals surface area contributed by atoms with Gasteiger partial charge in [-0.2, -0.15) is 12.6 Å². The van der Waals surface area contributed by atoms with Crippen LogP contribution in [-0.2, 0) is 19.7 Å². The van der Waals surface area contributed by atoms with Crippen molar-refractivity contribution in [3.05, 3.63) is 34.3 Å². The molecule has 0 radical (unpaired) electrons. The number of allylic oxidation sites excluding steroid dienone is 2. The number of furan rings is 1. The Morgan fingerprint density at radius 1 is 1.25 bits per heavy atom. The van der Waals surface area contributed by atoms with Gasteiger partial charge in [0.2, 0.25) is 5.78 Å². The first-order chi connectivity index (χ1) is 15.1. The summed E-state index contributed by atoms with van der Waals surface area (Å²) in [4.78, 5) is 38.8. The Labute approximate surface area is 193 Å². The molecule has 5 atom stereocenters. The van der Waals surface area contributed by atoms with Crippen LogP contribution in [0.4, 0.5) is 0 Å². The fraction of sp³-hybridized carbons (Fsp3) is 0.640. The average Bonchev–Trinajstić information content (AvgIpc) is 3.32. The van der Waals surface area contributed by atoms with E-state index in [9.17, 15) is 14.4 Å². The lowest BCUT2D eigenvalue weighted by Crippen LogP contribution is -2.53. The van der Waals surface area contributed by atoms with E-state index in [1.165, 1.54) is 6.26 Å². The first kappa shape index (κ1) is 22.0. The van der Waals surface area contributed by atoms with Gasteiger partial charge in [0.25, 0.3) is 0 Å². The van der Waals surface area contributed by atoms with Gasteiger partial charge in [0.1, 0.15) is 12.4 Å². The predicted molar refractivity (Wildman–Crippen MR) is 120 cm³/mol. The maximum absolute atomic E-state index is 13.9. The number of rotatable bonds is 4. The molecule has 0 spiro atoms. The molecular weight excluding hydrogens is 428 g/mol. The summed E-state index contributed by atoms with van der Waals surface area (Å²) >= 11 is 4.07. The highest BCUT2D eigenvalue weighted by Gasteiger charge is 2.65. The van der Waals surface area contributed by atoms with Gasteiger partial charge in [0, 0.05) is 46.8 Å². The van der Waals surface area contributed by atoms with E-state index in [4.69, 9.17) is 13.9 Å². The fourth-order valence-corrected chi connectivity index (χ4v) is 7.36. The number of hydrogen-bond donors (Lipinski definition) is 1. The molecule has 0 aromatic carbocycles. The Morgan fingerprint density at radius 3 is 2.69 bits per heavy atom. The van der Waals surface area contributed by atoms with Crippen LogP contribution in [0.5, 0.6) is 0 Å². The topological polar surface area (TPSA) is 82.8 Å². The predicted octanol–water partition coefficient (Wildman–Crippen LogP) is 4.32. The standard InChI is InChI=1S/C25H30O6S/c1-23-7-5-15-20(24(23,2)8-6-17(23)31-18(27)12-32)21(28)22-19-14(11-30-22)16(26)9-13(10-29-4)25(15,19)3/h11,13,17,32H,5-10,12H2,1-4H3/t13-,17+,23-,24+,25-/m1/s1. The van der Waals surface area contributed by atoms with Crippen molar-refractivity contribution in [3.8, 4) is 0 Å². The van der Waals surface area contributed by atoms with Gasteiger partial charge in [-0.05, 0) is 25.7 Å². The van der Waals surface area contributed by atoms with Crippen LogP contribution in [0.1, 0.15) is 79.4 Å². The number of carbonyl (C=O) groups excluding carboxylic acids is 3. The number of fused-ring (bicyclic) bond motifs is 3. The van der Waals surface area contributed by atoms with Gasteiger partial charge in [-0.15, -0.1) is 0 Å². The highest BCUT2D eigenvalue weighted by atomic mass is 32.1. The third kappa shape index (κ3) is 2.50. The van der Waals surface area contributed by atoms with Crippen molar-refractivity contribution in [3.63, 3.8) is 0 Å². The lowest BCUT2D eigenvalue weighted by Gasteiger charge is -2.55. The molecule has 4 aliphatic rings. The second kappa shape index (κ2) is 7.07. The lowest BCUT2D eigenvalue weighted by molar-refractivity contribution is -0.153. The summed E-state index contributed by atoms with van der Waals surface area (Å²) in [6.07, 6.45) is 4.59. The zero-order chi connectivity index (χ0) is 23.1. The van der Waals surface area contributed by atoms with E-state index >= 15 is 0 Å². The highest BCUT2D eigenvalue weighted by Crippen LogP contribution is 2.68. The summed E-state index contributed by atoms with van der Waals surface area (Å²) in [5.41, 5.74) is 1.92. The van der Waals surface area contributed by atoms with E-state index in [2.05, 4.69) is 33.4 Å². The van der Waals surface area contributed by atoms with Crippen LogP contribution in [0.25, 0.3) is 0 Å². The van der Waals surface area contributed by atoms with E-state index in [0.717, 1.165) is 36.0 Å².